The molecule has 4 N–H and O–H groups in total. The molecule has 1 unspecified atom stereocenters. The predicted molar refractivity (Wildman–Crippen MR) is 55.8 cm³/mol. The number of hydrogen-bond donors (Lipinski definition) is 2. The molecule has 0 aromatic carbocycles. The van der Waals surface area contributed by atoms with Gasteiger partial charge in [0.05, 0.1) is 0 Å². The Labute approximate surface area is 83.3 Å². The van der Waals surface area contributed by atoms with Crippen molar-refractivity contribution in [2.45, 2.75) is 26.7 Å². The first-order valence-corrected chi connectivity index (χ1v) is 4.70. The zero-order valence-corrected chi connectivity index (χ0v) is 8.53. The molecule has 0 aromatic heterocycles. The molecule has 1 atom stereocenters. The van der Waals surface area contributed by atoms with Crippen LogP contribution < -0.4 is 11.5 Å². The van der Waals surface area contributed by atoms with E-state index in [2.05, 4.69) is 23.8 Å². The second-order valence-electron chi connectivity index (χ2n) is 3.93. The van der Waals surface area contributed by atoms with E-state index in [4.69, 9.17) is 11.5 Å². The van der Waals surface area contributed by atoms with Crippen molar-refractivity contribution in [1.29, 1.82) is 0 Å². The molecule has 1 rings (SSSR count). The van der Waals surface area contributed by atoms with Gasteiger partial charge in [0.1, 0.15) is 5.84 Å². The van der Waals surface area contributed by atoms with E-state index in [0.717, 1.165) is 6.42 Å². The molecule has 1 heterocycles. The molecule has 5 heteroatoms. The highest BCUT2D eigenvalue weighted by Gasteiger charge is 2.27. The number of amides is 1. The molecule has 14 heavy (non-hydrogen) atoms. The van der Waals surface area contributed by atoms with Crippen molar-refractivity contribution in [3.8, 4) is 0 Å². The van der Waals surface area contributed by atoms with E-state index in [9.17, 15) is 4.79 Å². The average Bonchev–Trinajstić information content (AvgIpc) is 2.28. The first-order valence-electron chi connectivity index (χ1n) is 4.70. The minimum Gasteiger partial charge on any atom is -0.370 e. The van der Waals surface area contributed by atoms with Crippen molar-refractivity contribution in [2.24, 2.45) is 33.3 Å². The van der Waals surface area contributed by atoms with Crippen LogP contribution >= 0.6 is 0 Å². The summed E-state index contributed by atoms with van der Waals surface area (Å²) >= 11 is 0. The van der Waals surface area contributed by atoms with Crippen molar-refractivity contribution in [1.82, 2.24) is 0 Å². The second kappa shape index (κ2) is 4.21. The van der Waals surface area contributed by atoms with Gasteiger partial charge in [0.25, 0.3) is 5.91 Å². The van der Waals surface area contributed by atoms with Crippen molar-refractivity contribution in [3.63, 3.8) is 0 Å². The van der Waals surface area contributed by atoms with Gasteiger partial charge in [-0.1, -0.05) is 13.8 Å². The van der Waals surface area contributed by atoms with Crippen LogP contribution in [0.3, 0.4) is 0 Å². The number of hydrogen-bond acceptors (Lipinski definition) is 2. The van der Waals surface area contributed by atoms with Crippen LogP contribution in [0.4, 0.5) is 0 Å². The molecule has 1 amide bonds. The van der Waals surface area contributed by atoms with E-state index < -0.39 is 0 Å². The lowest BCUT2D eigenvalue weighted by Gasteiger charge is -2.08. The van der Waals surface area contributed by atoms with Gasteiger partial charge < -0.3 is 11.5 Å². The molecule has 5 nitrogen and oxygen atoms in total. The fourth-order valence-electron chi connectivity index (χ4n) is 1.54. The van der Waals surface area contributed by atoms with Crippen molar-refractivity contribution in [3.05, 3.63) is 0 Å². The highest BCUT2D eigenvalue weighted by molar-refractivity contribution is 6.06. The maximum absolute atomic E-state index is 11.4. The molecule has 0 saturated carbocycles. The number of guanidine groups is 1. The van der Waals surface area contributed by atoms with Crippen LogP contribution in [-0.2, 0) is 4.79 Å². The van der Waals surface area contributed by atoms with Crippen LogP contribution in [0.5, 0.6) is 0 Å². The first-order chi connectivity index (χ1) is 6.49. The molecule has 1 aliphatic heterocycles. The number of nitrogens with zero attached hydrogens (tertiary/aromatic N) is 2. The summed E-state index contributed by atoms with van der Waals surface area (Å²) in [5.74, 6) is 0.770. The topological polar surface area (TPSA) is 93.8 Å². The third-order valence-corrected chi connectivity index (χ3v) is 2.03. The van der Waals surface area contributed by atoms with Crippen molar-refractivity contribution in [2.75, 3.05) is 0 Å². The molecule has 78 valence electrons. The Morgan fingerprint density at radius 1 is 1.64 bits per heavy atom. The largest absolute Gasteiger partial charge is 0.370 e. The van der Waals surface area contributed by atoms with E-state index in [0.29, 0.717) is 18.2 Å². The number of carbonyl (C=O) groups excluding carboxylic acids is 1. The predicted octanol–water partition coefficient (Wildman–Crippen LogP) is 0.251. The van der Waals surface area contributed by atoms with E-state index in [1.807, 2.05) is 0 Å². The van der Waals surface area contributed by atoms with E-state index >= 15 is 0 Å². The van der Waals surface area contributed by atoms with Crippen LogP contribution in [0.1, 0.15) is 26.7 Å². The summed E-state index contributed by atoms with van der Waals surface area (Å²) in [6.07, 6.45) is 1.40. The molecule has 1 aliphatic rings. The zero-order valence-electron chi connectivity index (χ0n) is 8.53. The van der Waals surface area contributed by atoms with Gasteiger partial charge in [-0.15, -0.1) is 0 Å². The van der Waals surface area contributed by atoms with Gasteiger partial charge in [0, 0.05) is 12.3 Å². The number of rotatable bonds is 2. The summed E-state index contributed by atoms with van der Waals surface area (Å²) in [5.41, 5.74) is 10.4. The van der Waals surface area contributed by atoms with Gasteiger partial charge in [-0.2, -0.15) is 4.99 Å². The van der Waals surface area contributed by atoms with Gasteiger partial charge in [-0.05, 0) is 12.3 Å². The summed E-state index contributed by atoms with van der Waals surface area (Å²) < 4.78 is 0. The lowest BCUT2D eigenvalue weighted by atomic mass is 9.95. The Morgan fingerprint density at radius 2 is 2.29 bits per heavy atom. The zero-order chi connectivity index (χ0) is 10.7. The Balaban J connectivity index is 2.60. The third-order valence-electron chi connectivity index (χ3n) is 2.03. The highest BCUT2D eigenvalue weighted by atomic mass is 16.1. The molecule has 0 bridgehead atoms. The molecule has 0 saturated heterocycles. The minimum absolute atomic E-state index is 0.0342. The van der Waals surface area contributed by atoms with Gasteiger partial charge in [-0.25, -0.2) is 4.99 Å². The Bertz CT molecular complexity index is 289. The number of nitrogens with two attached hydrogens (primary N) is 2. The number of aliphatic imine (C=N–C) groups is 2. The Morgan fingerprint density at radius 3 is 2.79 bits per heavy atom. The van der Waals surface area contributed by atoms with Gasteiger partial charge in [0.2, 0.25) is 0 Å². The second-order valence-corrected chi connectivity index (χ2v) is 3.93. The van der Waals surface area contributed by atoms with Gasteiger partial charge >= 0.3 is 0 Å². The number of amidine groups is 1. The smallest absolute Gasteiger partial charge is 0.250 e. The summed E-state index contributed by atoms with van der Waals surface area (Å²) in [4.78, 5) is 18.9. The summed E-state index contributed by atoms with van der Waals surface area (Å²) in [5, 5.41) is 0. The lowest BCUT2D eigenvalue weighted by molar-refractivity contribution is -0.121. The Kier molecular flexibility index (Phi) is 3.22. The highest BCUT2D eigenvalue weighted by Crippen LogP contribution is 2.23. The average molecular weight is 196 g/mol. The number of carbonyl (C=O) groups is 1. The van der Waals surface area contributed by atoms with Gasteiger partial charge in [0.15, 0.2) is 5.96 Å². The monoisotopic (exact) mass is 196 g/mol. The van der Waals surface area contributed by atoms with Crippen LogP contribution in [0.15, 0.2) is 9.98 Å². The fraction of sp³-hybridized carbons (Fsp3) is 0.667. The quantitative estimate of drug-likeness (QED) is 0.489. The SMILES string of the molecule is CC(C)CC1CC(N=C(N)N)=NC1=O. The summed E-state index contributed by atoms with van der Waals surface area (Å²) in [7, 11) is 0. The molecular formula is C9H16N4O. The van der Waals surface area contributed by atoms with Crippen molar-refractivity contribution >= 4 is 17.7 Å². The van der Waals surface area contributed by atoms with Crippen LogP contribution in [0, 0.1) is 11.8 Å². The maximum Gasteiger partial charge on any atom is 0.250 e. The molecular weight excluding hydrogens is 180 g/mol. The standard InChI is InChI=1S/C9H16N4O/c1-5(2)3-6-4-7(12-8(6)14)13-9(10)11/h5-6H,3-4H2,1-2H3,(H4,10,11,12,13,14). The third kappa shape index (κ3) is 2.83. The molecule has 0 fully saturated rings. The lowest BCUT2D eigenvalue weighted by Crippen LogP contribution is -2.24. The van der Waals surface area contributed by atoms with E-state index in [1.165, 1.54) is 0 Å². The summed E-state index contributed by atoms with van der Waals surface area (Å²) in [6, 6.07) is 0. The van der Waals surface area contributed by atoms with E-state index in [1.54, 1.807) is 0 Å². The molecule has 0 spiro atoms. The normalized spacial score (nSPS) is 21.2. The van der Waals surface area contributed by atoms with Crippen LogP contribution in [0.2, 0.25) is 0 Å². The first kappa shape index (κ1) is 10.7. The van der Waals surface area contributed by atoms with E-state index in [-0.39, 0.29) is 17.8 Å². The van der Waals surface area contributed by atoms with Crippen LogP contribution in [-0.4, -0.2) is 17.7 Å². The maximum atomic E-state index is 11.4. The van der Waals surface area contributed by atoms with Crippen LogP contribution in [0.25, 0.3) is 0 Å². The molecule has 0 aliphatic carbocycles. The van der Waals surface area contributed by atoms with Crippen molar-refractivity contribution < 1.29 is 4.79 Å². The fourth-order valence-corrected chi connectivity index (χ4v) is 1.54. The molecule has 0 radical (unpaired) electrons. The summed E-state index contributed by atoms with van der Waals surface area (Å²) in [6.45, 7) is 4.15. The molecule has 0 aromatic rings. The Hall–Kier alpha value is -1.39. The van der Waals surface area contributed by atoms with Gasteiger partial charge in [-0.3, -0.25) is 4.79 Å². The minimum atomic E-state index is -0.0984.